The highest BCUT2D eigenvalue weighted by molar-refractivity contribution is 5.83. The summed E-state index contributed by atoms with van der Waals surface area (Å²) < 4.78 is 24.0. The van der Waals surface area contributed by atoms with Crippen molar-refractivity contribution in [3.8, 4) is 11.5 Å². The molecule has 2 aromatic heterocycles. The average Bonchev–Trinajstić information content (AvgIpc) is 3.34. The van der Waals surface area contributed by atoms with E-state index in [1.165, 1.54) is 12.1 Å². The quantitative estimate of drug-likeness (QED) is 0.496. The first-order chi connectivity index (χ1) is 13.6. The van der Waals surface area contributed by atoms with Crippen molar-refractivity contribution < 1.29 is 18.3 Å². The normalized spacial score (nSPS) is 12.2. The summed E-state index contributed by atoms with van der Waals surface area (Å²) in [7, 11) is 0. The summed E-state index contributed by atoms with van der Waals surface area (Å²) in [6.45, 7) is 1.67. The molecule has 0 bridgehead atoms. The highest BCUT2D eigenvalue weighted by atomic mass is 19.1. The van der Waals surface area contributed by atoms with Gasteiger partial charge in [-0.05, 0) is 49.2 Å². The second-order valence-electron chi connectivity index (χ2n) is 6.44. The molecule has 28 heavy (non-hydrogen) atoms. The van der Waals surface area contributed by atoms with Gasteiger partial charge in [0.05, 0.1) is 0 Å². The number of nitrogens with zero attached hydrogens (tertiary/aromatic N) is 2. The van der Waals surface area contributed by atoms with Gasteiger partial charge in [0, 0.05) is 29.1 Å². The molecule has 7 heteroatoms. The molecule has 0 spiro atoms. The Morgan fingerprint density at radius 2 is 1.96 bits per heavy atom. The van der Waals surface area contributed by atoms with Crippen LogP contribution < -0.4 is 0 Å². The highest BCUT2D eigenvalue weighted by Crippen LogP contribution is 2.24. The van der Waals surface area contributed by atoms with E-state index in [0.717, 1.165) is 16.5 Å². The minimum Gasteiger partial charge on any atom is -0.453 e. The second kappa shape index (κ2) is 7.64. The standard InChI is InChI=1S/C21H18FN3O3/c1-13(20-24-25-21(28-20)14-6-9-16(22)10-7-14)27-19(26)11-8-15-12-23-18-5-3-2-4-17(15)18/h2-7,9-10,12-13,23H,8,11H2,1H3/t13-/m1/s1. The third-order valence-corrected chi connectivity index (χ3v) is 4.46. The lowest BCUT2D eigenvalue weighted by atomic mass is 10.1. The number of hydrogen-bond acceptors (Lipinski definition) is 5. The van der Waals surface area contributed by atoms with Crippen LogP contribution in [0.2, 0.25) is 0 Å². The number of ether oxygens (including phenoxy) is 1. The summed E-state index contributed by atoms with van der Waals surface area (Å²) in [6, 6.07) is 13.7. The van der Waals surface area contributed by atoms with Gasteiger partial charge in [0.25, 0.3) is 5.89 Å². The average molecular weight is 379 g/mol. The van der Waals surface area contributed by atoms with E-state index >= 15 is 0 Å². The maximum absolute atomic E-state index is 13.0. The molecular weight excluding hydrogens is 361 g/mol. The Morgan fingerprint density at radius 3 is 2.79 bits per heavy atom. The number of hydrogen-bond donors (Lipinski definition) is 1. The molecule has 4 rings (SSSR count). The van der Waals surface area contributed by atoms with Crippen LogP contribution in [0.1, 0.15) is 30.9 Å². The summed E-state index contributed by atoms with van der Waals surface area (Å²) in [6.07, 6.45) is 2.05. The SMILES string of the molecule is C[C@@H](OC(=O)CCc1c[nH]c2ccccc12)c1nnc(-c2ccc(F)cc2)o1. The van der Waals surface area contributed by atoms with Crippen molar-refractivity contribution in [2.75, 3.05) is 0 Å². The molecule has 0 saturated carbocycles. The fourth-order valence-electron chi connectivity index (χ4n) is 2.99. The van der Waals surface area contributed by atoms with Crippen molar-refractivity contribution in [1.82, 2.24) is 15.2 Å². The molecule has 0 fully saturated rings. The topological polar surface area (TPSA) is 81.0 Å². The molecule has 142 valence electrons. The maximum atomic E-state index is 13.0. The summed E-state index contributed by atoms with van der Waals surface area (Å²) in [4.78, 5) is 15.4. The molecule has 0 aliphatic heterocycles. The number of rotatable bonds is 6. The first kappa shape index (κ1) is 17.9. The van der Waals surface area contributed by atoms with E-state index in [4.69, 9.17) is 9.15 Å². The van der Waals surface area contributed by atoms with E-state index in [9.17, 15) is 9.18 Å². The summed E-state index contributed by atoms with van der Waals surface area (Å²) >= 11 is 0. The number of esters is 1. The minimum atomic E-state index is -0.669. The Morgan fingerprint density at radius 1 is 1.18 bits per heavy atom. The number of aromatic amines is 1. The Bertz CT molecular complexity index is 1100. The number of aromatic nitrogens is 3. The fourth-order valence-corrected chi connectivity index (χ4v) is 2.99. The molecule has 0 aliphatic carbocycles. The Balaban J connectivity index is 1.36. The number of aryl methyl sites for hydroxylation is 1. The molecule has 4 aromatic rings. The first-order valence-electron chi connectivity index (χ1n) is 8.94. The molecule has 0 unspecified atom stereocenters. The van der Waals surface area contributed by atoms with Gasteiger partial charge in [-0.15, -0.1) is 10.2 Å². The van der Waals surface area contributed by atoms with Crippen molar-refractivity contribution in [3.05, 3.63) is 72.0 Å². The van der Waals surface area contributed by atoms with Gasteiger partial charge in [-0.25, -0.2) is 4.39 Å². The molecule has 1 atom stereocenters. The number of fused-ring (bicyclic) bond motifs is 1. The first-order valence-corrected chi connectivity index (χ1v) is 8.94. The monoisotopic (exact) mass is 379 g/mol. The van der Waals surface area contributed by atoms with Gasteiger partial charge in [-0.2, -0.15) is 0 Å². The molecule has 6 nitrogen and oxygen atoms in total. The van der Waals surface area contributed by atoms with Gasteiger partial charge in [-0.3, -0.25) is 4.79 Å². The van der Waals surface area contributed by atoms with Crippen LogP contribution in [0.25, 0.3) is 22.4 Å². The molecule has 0 radical (unpaired) electrons. The van der Waals surface area contributed by atoms with Crippen molar-refractivity contribution in [1.29, 1.82) is 0 Å². The Kier molecular flexibility index (Phi) is 4.89. The zero-order valence-corrected chi connectivity index (χ0v) is 15.2. The van der Waals surface area contributed by atoms with Crippen molar-refractivity contribution in [3.63, 3.8) is 0 Å². The Hall–Kier alpha value is -3.48. The number of H-pyrrole nitrogens is 1. The summed E-state index contributed by atoms with van der Waals surface area (Å²) in [5.41, 5.74) is 2.70. The number of carbonyl (C=O) groups is 1. The minimum absolute atomic E-state index is 0.194. The van der Waals surface area contributed by atoms with Crippen LogP contribution >= 0.6 is 0 Å². The van der Waals surface area contributed by atoms with Gasteiger partial charge >= 0.3 is 5.97 Å². The van der Waals surface area contributed by atoms with Gasteiger partial charge in [0.2, 0.25) is 5.89 Å². The number of benzene rings is 2. The van der Waals surface area contributed by atoms with E-state index in [2.05, 4.69) is 15.2 Å². The van der Waals surface area contributed by atoms with Gasteiger partial charge in [-0.1, -0.05) is 18.2 Å². The third kappa shape index (κ3) is 3.78. The molecular formula is C21H18FN3O3. The van der Waals surface area contributed by atoms with Crippen LogP contribution in [0, 0.1) is 5.82 Å². The second-order valence-corrected chi connectivity index (χ2v) is 6.44. The number of nitrogens with one attached hydrogen (secondary N) is 1. The summed E-state index contributed by atoms with van der Waals surface area (Å²) in [5, 5.41) is 8.96. The molecule has 0 amide bonds. The number of halogens is 1. The maximum Gasteiger partial charge on any atom is 0.306 e. The largest absolute Gasteiger partial charge is 0.453 e. The van der Waals surface area contributed by atoms with E-state index < -0.39 is 6.10 Å². The van der Waals surface area contributed by atoms with Crippen molar-refractivity contribution in [2.24, 2.45) is 0 Å². The van der Waals surface area contributed by atoms with Crippen LogP contribution in [0.4, 0.5) is 4.39 Å². The lowest BCUT2D eigenvalue weighted by Gasteiger charge is -2.09. The predicted octanol–water partition coefficient (Wildman–Crippen LogP) is 4.59. The fraction of sp³-hybridized carbons (Fsp3) is 0.190. The highest BCUT2D eigenvalue weighted by Gasteiger charge is 2.19. The van der Waals surface area contributed by atoms with Crippen molar-refractivity contribution in [2.45, 2.75) is 25.9 Å². The van der Waals surface area contributed by atoms with Crippen LogP contribution in [0.5, 0.6) is 0 Å². The number of para-hydroxylation sites is 1. The predicted molar refractivity (Wildman–Crippen MR) is 101 cm³/mol. The lowest BCUT2D eigenvalue weighted by Crippen LogP contribution is -2.10. The van der Waals surface area contributed by atoms with Gasteiger partial charge < -0.3 is 14.1 Å². The lowest BCUT2D eigenvalue weighted by molar-refractivity contribution is -0.149. The molecule has 0 saturated heterocycles. The van der Waals surface area contributed by atoms with Crippen LogP contribution in [0.15, 0.2) is 59.1 Å². The van der Waals surface area contributed by atoms with Crippen LogP contribution in [-0.4, -0.2) is 21.2 Å². The molecule has 1 N–H and O–H groups in total. The van der Waals surface area contributed by atoms with E-state index in [1.807, 2.05) is 30.5 Å². The smallest absolute Gasteiger partial charge is 0.306 e. The molecule has 2 heterocycles. The Labute approximate surface area is 160 Å². The van der Waals surface area contributed by atoms with Crippen LogP contribution in [-0.2, 0) is 16.0 Å². The zero-order chi connectivity index (χ0) is 19.5. The molecule has 2 aromatic carbocycles. The summed E-state index contributed by atoms with van der Waals surface area (Å²) in [5.74, 6) is -0.253. The van der Waals surface area contributed by atoms with E-state index in [1.54, 1.807) is 19.1 Å². The van der Waals surface area contributed by atoms with E-state index in [0.29, 0.717) is 12.0 Å². The van der Waals surface area contributed by atoms with Gasteiger partial charge in [0.1, 0.15) is 5.82 Å². The van der Waals surface area contributed by atoms with Gasteiger partial charge in [0.15, 0.2) is 6.10 Å². The zero-order valence-electron chi connectivity index (χ0n) is 15.2. The third-order valence-electron chi connectivity index (χ3n) is 4.46. The van der Waals surface area contributed by atoms with E-state index in [-0.39, 0.29) is 30.0 Å². The number of carbonyl (C=O) groups excluding carboxylic acids is 1. The van der Waals surface area contributed by atoms with Crippen LogP contribution in [0.3, 0.4) is 0 Å². The molecule has 0 aliphatic rings. The van der Waals surface area contributed by atoms with Crippen molar-refractivity contribution >= 4 is 16.9 Å².